The van der Waals surface area contributed by atoms with Crippen molar-refractivity contribution in [2.45, 2.75) is 52.7 Å². The summed E-state index contributed by atoms with van der Waals surface area (Å²) in [6.07, 6.45) is 1.75. The molecule has 0 aliphatic carbocycles. The van der Waals surface area contributed by atoms with E-state index < -0.39 is 5.60 Å². The Morgan fingerprint density at radius 2 is 2.04 bits per heavy atom. The van der Waals surface area contributed by atoms with E-state index in [9.17, 15) is 15.0 Å². The van der Waals surface area contributed by atoms with Crippen LogP contribution in [0.2, 0.25) is 0 Å². The van der Waals surface area contributed by atoms with Crippen LogP contribution < -0.4 is 5.32 Å². The number of carbonyl (C=O) groups excluding carboxylic acids is 1. The third kappa shape index (κ3) is 5.81. The monoisotopic (exact) mass is 350 g/mol. The van der Waals surface area contributed by atoms with E-state index in [1.165, 1.54) is 6.07 Å². The quantitative estimate of drug-likeness (QED) is 0.726. The van der Waals surface area contributed by atoms with E-state index in [-0.39, 0.29) is 23.0 Å². The van der Waals surface area contributed by atoms with E-state index in [1.54, 1.807) is 17.0 Å². The number of hydrogen-bond acceptors (Lipinski definition) is 5. The number of likely N-dealkylation sites (tertiary alicyclic amines) is 1. The van der Waals surface area contributed by atoms with Gasteiger partial charge in [0.05, 0.1) is 0 Å². The predicted octanol–water partition coefficient (Wildman–Crippen LogP) is 3.22. The van der Waals surface area contributed by atoms with Crippen molar-refractivity contribution in [1.82, 2.24) is 10.2 Å². The van der Waals surface area contributed by atoms with Crippen molar-refractivity contribution in [3.8, 4) is 11.5 Å². The minimum absolute atomic E-state index is 0.0197. The average Bonchev–Trinajstić information content (AvgIpc) is 2.49. The van der Waals surface area contributed by atoms with Crippen molar-refractivity contribution in [2.24, 2.45) is 5.41 Å². The average molecular weight is 350 g/mol. The molecule has 0 bridgehead atoms. The summed E-state index contributed by atoms with van der Waals surface area (Å²) in [5.41, 5.74) is 0.400. The topological polar surface area (TPSA) is 82.0 Å². The van der Waals surface area contributed by atoms with Gasteiger partial charge in [-0.3, -0.25) is 0 Å². The number of carbonyl (C=O) groups is 1. The minimum Gasteiger partial charge on any atom is -0.504 e. The first kappa shape index (κ1) is 19.4. The summed E-state index contributed by atoms with van der Waals surface area (Å²) in [7, 11) is 0. The number of amides is 1. The van der Waals surface area contributed by atoms with Crippen molar-refractivity contribution < 1.29 is 19.7 Å². The number of benzene rings is 1. The maximum Gasteiger partial charge on any atom is 0.410 e. The number of ether oxygens (including phenoxy) is 1. The van der Waals surface area contributed by atoms with Gasteiger partial charge < -0.3 is 25.2 Å². The van der Waals surface area contributed by atoms with Crippen molar-refractivity contribution in [3.63, 3.8) is 0 Å². The van der Waals surface area contributed by atoms with Gasteiger partial charge in [-0.2, -0.15) is 0 Å². The Morgan fingerprint density at radius 3 is 2.68 bits per heavy atom. The molecule has 0 spiro atoms. The second-order valence-electron chi connectivity index (χ2n) is 8.24. The van der Waals surface area contributed by atoms with Gasteiger partial charge in [-0.15, -0.1) is 0 Å². The summed E-state index contributed by atoms with van der Waals surface area (Å²) in [4.78, 5) is 14.1. The SMILES string of the molecule is CC1(CNCc2ccc(O)c(O)c2)CCCN(C(=O)OC(C)(C)C)C1. The maximum absolute atomic E-state index is 12.3. The van der Waals surface area contributed by atoms with E-state index >= 15 is 0 Å². The van der Waals surface area contributed by atoms with E-state index in [2.05, 4.69) is 12.2 Å². The van der Waals surface area contributed by atoms with Crippen LogP contribution in [0.4, 0.5) is 4.79 Å². The summed E-state index contributed by atoms with van der Waals surface area (Å²) >= 11 is 0. The molecule has 0 saturated carbocycles. The third-order valence-electron chi connectivity index (χ3n) is 4.35. The number of aromatic hydroxyl groups is 2. The standard InChI is InChI=1S/C19H30N2O4/c1-18(2,3)25-17(24)21-9-5-8-19(4,13-21)12-20-11-14-6-7-15(22)16(23)10-14/h6-7,10,20,22-23H,5,8-9,11-13H2,1-4H3. The molecule has 6 nitrogen and oxygen atoms in total. The normalized spacial score (nSPS) is 21.2. The van der Waals surface area contributed by atoms with Crippen LogP contribution in [0.5, 0.6) is 11.5 Å². The van der Waals surface area contributed by atoms with Gasteiger partial charge in [-0.05, 0) is 56.7 Å². The van der Waals surface area contributed by atoms with Gasteiger partial charge in [0.25, 0.3) is 0 Å². The van der Waals surface area contributed by atoms with Crippen LogP contribution in [0.1, 0.15) is 46.1 Å². The minimum atomic E-state index is -0.482. The zero-order chi connectivity index (χ0) is 18.7. The lowest BCUT2D eigenvalue weighted by Gasteiger charge is -2.41. The lowest BCUT2D eigenvalue weighted by molar-refractivity contribution is 0.00675. The molecule has 1 aliphatic heterocycles. The number of hydrogen-bond donors (Lipinski definition) is 3. The number of rotatable bonds is 4. The second kappa shape index (κ2) is 7.52. The molecule has 0 aromatic heterocycles. The molecular weight excluding hydrogens is 320 g/mol. The van der Waals surface area contributed by atoms with Crippen LogP contribution in [0, 0.1) is 5.41 Å². The highest BCUT2D eigenvalue weighted by atomic mass is 16.6. The molecular formula is C19H30N2O4. The summed E-state index contributed by atoms with van der Waals surface area (Å²) < 4.78 is 5.48. The fraction of sp³-hybridized carbons (Fsp3) is 0.632. The van der Waals surface area contributed by atoms with Crippen LogP contribution in [0.25, 0.3) is 0 Å². The number of piperidine rings is 1. The molecule has 1 aromatic carbocycles. The van der Waals surface area contributed by atoms with Crippen LogP contribution in [0.3, 0.4) is 0 Å². The maximum atomic E-state index is 12.3. The zero-order valence-electron chi connectivity index (χ0n) is 15.6. The van der Waals surface area contributed by atoms with E-state index in [4.69, 9.17) is 4.74 Å². The van der Waals surface area contributed by atoms with Gasteiger partial charge in [0.2, 0.25) is 0 Å². The molecule has 1 saturated heterocycles. The Hall–Kier alpha value is -1.95. The van der Waals surface area contributed by atoms with E-state index in [1.807, 2.05) is 20.8 Å². The largest absolute Gasteiger partial charge is 0.504 e. The number of phenols is 2. The van der Waals surface area contributed by atoms with Gasteiger partial charge in [0, 0.05) is 26.2 Å². The smallest absolute Gasteiger partial charge is 0.410 e. The molecule has 1 unspecified atom stereocenters. The van der Waals surface area contributed by atoms with Gasteiger partial charge in [-0.25, -0.2) is 4.79 Å². The summed E-state index contributed by atoms with van der Waals surface area (Å²) in [6.45, 7) is 10.6. The third-order valence-corrected chi connectivity index (χ3v) is 4.35. The second-order valence-corrected chi connectivity index (χ2v) is 8.24. The fourth-order valence-electron chi connectivity index (χ4n) is 3.13. The van der Waals surface area contributed by atoms with Crippen LogP contribution in [0.15, 0.2) is 18.2 Å². The Labute approximate surface area is 149 Å². The molecule has 2 rings (SSSR count). The van der Waals surface area contributed by atoms with E-state index in [0.29, 0.717) is 13.1 Å². The summed E-state index contributed by atoms with van der Waals surface area (Å²) in [5, 5.41) is 22.3. The number of phenolic OH excluding ortho intramolecular Hbond substituents is 2. The van der Waals surface area contributed by atoms with Gasteiger partial charge in [0.1, 0.15) is 5.60 Å². The lowest BCUT2D eigenvalue weighted by Crippen LogP contribution is -2.50. The molecule has 25 heavy (non-hydrogen) atoms. The van der Waals surface area contributed by atoms with Crippen molar-refractivity contribution in [3.05, 3.63) is 23.8 Å². The molecule has 1 fully saturated rings. The Kier molecular flexibility index (Phi) is 5.83. The molecule has 1 aliphatic rings. The molecule has 1 aromatic rings. The fourth-order valence-corrected chi connectivity index (χ4v) is 3.13. The molecule has 1 atom stereocenters. The number of nitrogens with one attached hydrogen (secondary N) is 1. The molecule has 0 radical (unpaired) electrons. The van der Waals surface area contributed by atoms with Gasteiger partial charge in [0.15, 0.2) is 11.5 Å². The first-order valence-electron chi connectivity index (χ1n) is 8.78. The van der Waals surface area contributed by atoms with Crippen molar-refractivity contribution >= 4 is 6.09 Å². The highest BCUT2D eigenvalue weighted by molar-refractivity contribution is 5.68. The number of nitrogens with zero attached hydrogens (tertiary/aromatic N) is 1. The van der Waals surface area contributed by atoms with Crippen LogP contribution >= 0.6 is 0 Å². The lowest BCUT2D eigenvalue weighted by atomic mass is 9.82. The Morgan fingerprint density at radius 1 is 1.32 bits per heavy atom. The van der Waals surface area contributed by atoms with Crippen molar-refractivity contribution in [1.29, 1.82) is 0 Å². The van der Waals surface area contributed by atoms with Gasteiger partial charge in [-0.1, -0.05) is 13.0 Å². The molecule has 1 amide bonds. The Balaban J connectivity index is 1.87. The molecule has 3 N–H and O–H groups in total. The first-order chi connectivity index (χ1) is 11.6. The summed E-state index contributed by atoms with van der Waals surface area (Å²) in [6, 6.07) is 4.82. The summed E-state index contributed by atoms with van der Waals surface area (Å²) in [5.74, 6) is -0.227. The first-order valence-corrected chi connectivity index (χ1v) is 8.78. The van der Waals surface area contributed by atoms with Crippen molar-refractivity contribution in [2.75, 3.05) is 19.6 Å². The van der Waals surface area contributed by atoms with E-state index in [0.717, 1.165) is 31.5 Å². The molecule has 140 valence electrons. The highest BCUT2D eigenvalue weighted by Gasteiger charge is 2.34. The predicted molar refractivity (Wildman–Crippen MR) is 96.6 cm³/mol. The highest BCUT2D eigenvalue weighted by Crippen LogP contribution is 2.30. The molecule has 6 heteroatoms. The van der Waals surface area contributed by atoms with Crippen LogP contribution in [-0.2, 0) is 11.3 Å². The van der Waals surface area contributed by atoms with Gasteiger partial charge >= 0.3 is 6.09 Å². The Bertz CT molecular complexity index is 612. The zero-order valence-corrected chi connectivity index (χ0v) is 15.6. The molecule has 1 heterocycles. The van der Waals surface area contributed by atoms with Crippen LogP contribution in [-0.4, -0.2) is 46.4 Å².